The molecule has 2 N–H and O–H groups in total. The van der Waals surface area contributed by atoms with Gasteiger partial charge < -0.3 is 10.5 Å². The van der Waals surface area contributed by atoms with Crippen LogP contribution in [0.1, 0.15) is 5.56 Å². The summed E-state index contributed by atoms with van der Waals surface area (Å²) >= 11 is 0. The number of aromatic nitrogens is 2. The predicted octanol–water partition coefficient (Wildman–Crippen LogP) is 1.62. The average molecular weight is 262 g/mol. The molecule has 0 aliphatic carbocycles. The Morgan fingerprint density at radius 2 is 2.11 bits per heavy atom. The number of hydrogen-bond donors (Lipinski definition) is 1. The van der Waals surface area contributed by atoms with Crippen LogP contribution in [0, 0.1) is 10.1 Å². The number of nitrogens with zero attached hydrogens (tertiary/aromatic N) is 3. The molecule has 0 spiro atoms. The maximum atomic E-state index is 10.8. The number of nitro groups is 1. The summed E-state index contributed by atoms with van der Waals surface area (Å²) in [6.07, 6.45) is 2.09. The number of rotatable bonds is 5. The van der Waals surface area contributed by atoms with Gasteiger partial charge >= 0.3 is 11.6 Å². The number of ether oxygens (including phenoxy) is 1. The Hall–Kier alpha value is -2.41. The lowest BCUT2D eigenvalue weighted by Crippen LogP contribution is -2.02. The monoisotopic (exact) mass is 262 g/mol. The summed E-state index contributed by atoms with van der Waals surface area (Å²) in [4.78, 5) is 10.3. The molecule has 0 fully saturated rings. The lowest BCUT2D eigenvalue weighted by Gasteiger charge is -2.03. The molecular weight excluding hydrogens is 248 g/mol. The molecule has 0 saturated carbocycles. The second-order valence-corrected chi connectivity index (χ2v) is 4.03. The quantitative estimate of drug-likeness (QED) is 0.652. The predicted molar refractivity (Wildman–Crippen MR) is 69.1 cm³/mol. The van der Waals surface area contributed by atoms with Crippen LogP contribution < -0.4 is 10.5 Å². The van der Waals surface area contributed by atoms with Gasteiger partial charge in [-0.05, 0) is 30.7 Å². The molecule has 2 aromatic rings. The van der Waals surface area contributed by atoms with Crippen molar-refractivity contribution < 1.29 is 9.66 Å². The highest BCUT2D eigenvalue weighted by Gasteiger charge is 2.20. The Kier molecular flexibility index (Phi) is 3.76. The van der Waals surface area contributed by atoms with Gasteiger partial charge in [-0.25, -0.2) is 0 Å². The van der Waals surface area contributed by atoms with Crippen molar-refractivity contribution in [3.05, 3.63) is 46.1 Å². The van der Waals surface area contributed by atoms with E-state index in [9.17, 15) is 10.1 Å². The Morgan fingerprint density at radius 3 is 2.68 bits per heavy atom. The zero-order chi connectivity index (χ0) is 13.8. The van der Waals surface area contributed by atoms with Crippen LogP contribution in [0.5, 0.6) is 11.6 Å². The van der Waals surface area contributed by atoms with Gasteiger partial charge in [-0.3, -0.25) is 14.8 Å². The van der Waals surface area contributed by atoms with E-state index in [2.05, 4.69) is 5.10 Å². The van der Waals surface area contributed by atoms with Crippen LogP contribution in [-0.2, 0) is 13.5 Å². The number of hydrogen-bond acceptors (Lipinski definition) is 5. The van der Waals surface area contributed by atoms with Crippen molar-refractivity contribution in [2.75, 3.05) is 6.54 Å². The maximum Gasteiger partial charge on any atom is 0.350 e. The first-order valence-electron chi connectivity index (χ1n) is 5.75. The highest BCUT2D eigenvalue weighted by Crippen LogP contribution is 2.29. The molecule has 0 amide bonds. The van der Waals surface area contributed by atoms with Crippen molar-refractivity contribution >= 4 is 5.69 Å². The van der Waals surface area contributed by atoms with E-state index in [-0.39, 0.29) is 11.6 Å². The molecule has 0 saturated heterocycles. The summed E-state index contributed by atoms with van der Waals surface area (Å²) in [7, 11) is 1.60. The molecule has 7 heteroatoms. The lowest BCUT2D eigenvalue weighted by molar-refractivity contribution is -0.385. The summed E-state index contributed by atoms with van der Waals surface area (Å²) in [5, 5.41) is 14.7. The Balaban J connectivity index is 2.18. The Labute approximate surface area is 109 Å². The highest BCUT2D eigenvalue weighted by molar-refractivity contribution is 5.42. The van der Waals surface area contributed by atoms with Crippen LogP contribution in [-0.4, -0.2) is 21.2 Å². The molecule has 0 atom stereocenters. The van der Waals surface area contributed by atoms with Gasteiger partial charge in [-0.15, -0.1) is 5.10 Å². The zero-order valence-corrected chi connectivity index (χ0v) is 10.4. The molecule has 1 aromatic heterocycles. The summed E-state index contributed by atoms with van der Waals surface area (Å²) in [6, 6.07) is 7.22. The van der Waals surface area contributed by atoms with Crippen LogP contribution in [0.3, 0.4) is 0 Å². The van der Waals surface area contributed by atoms with E-state index in [4.69, 9.17) is 10.5 Å². The van der Waals surface area contributed by atoms with Crippen molar-refractivity contribution in [1.82, 2.24) is 9.78 Å². The first-order valence-corrected chi connectivity index (χ1v) is 5.75. The van der Waals surface area contributed by atoms with E-state index < -0.39 is 4.92 Å². The number of nitrogens with two attached hydrogens (primary N) is 1. The minimum Gasteiger partial charge on any atom is -0.433 e. The van der Waals surface area contributed by atoms with E-state index in [1.165, 1.54) is 10.9 Å². The normalized spacial score (nSPS) is 10.4. The van der Waals surface area contributed by atoms with E-state index in [0.29, 0.717) is 12.3 Å². The Morgan fingerprint density at radius 1 is 1.42 bits per heavy atom. The second-order valence-electron chi connectivity index (χ2n) is 4.03. The first kappa shape index (κ1) is 13.0. The standard InChI is InChI=1S/C12H14N4O3/c1-15-8-11(16(17)18)12(14-15)19-10-4-2-9(3-5-10)6-7-13/h2-5,8H,6-7,13H2,1H3. The van der Waals surface area contributed by atoms with Gasteiger partial charge in [-0.1, -0.05) is 12.1 Å². The van der Waals surface area contributed by atoms with Crippen molar-refractivity contribution in [2.45, 2.75) is 6.42 Å². The van der Waals surface area contributed by atoms with E-state index >= 15 is 0 Å². The smallest absolute Gasteiger partial charge is 0.350 e. The summed E-state index contributed by atoms with van der Waals surface area (Å²) in [5.41, 5.74) is 6.39. The van der Waals surface area contributed by atoms with Crippen LogP contribution in [0.25, 0.3) is 0 Å². The molecule has 0 aliphatic rings. The lowest BCUT2D eigenvalue weighted by atomic mass is 10.1. The fraction of sp³-hybridized carbons (Fsp3) is 0.250. The molecular formula is C12H14N4O3. The van der Waals surface area contributed by atoms with Gasteiger partial charge in [0.1, 0.15) is 11.9 Å². The SMILES string of the molecule is Cn1cc([N+](=O)[O-])c(Oc2ccc(CCN)cc2)n1. The zero-order valence-electron chi connectivity index (χ0n) is 10.4. The van der Waals surface area contributed by atoms with Crippen LogP contribution in [0.4, 0.5) is 5.69 Å². The van der Waals surface area contributed by atoms with Gasteiger partial charge in [0.25, 0.3) is 0 Å². The maximum absolute atomic E-state index is 10.8. The summed E-state index contributed by atoms with van der Waals surface area (Å²) in [5.74, 6) is 0.488. The topological polar surface area (TPSA) is 96.2 Å². The fourth-order valence-electron chi connectivity index (χ4n) is 1.66. The largest absolute Gasteiger partial charge is 0.433 e. The fourth-order valence-corrected chi connectivity index (χ4v) is 1.66. The van der Waals surface area contributed by atoms with Crippen molar-refractivity contribution in [3.63, 3.8) is 0 Å². The molecule has 7 nitrogen and oxygen atoms in total. The van der Waals surface area contributed by atoms with Gasteiger partial charge in [0.05, 0.1) is 4.92 Å². The van der Waals surface area contributed by atoms with E-state index in [1.807, 2.05) is 12.1 Å². The molecule has 0 bridgehead atoms. The minimum atomic E-state index is -0.523. The number of benzene rings is 1. The Bertz CT molecular complexity index is 577. The summed E-state index contributed by atoms with van der Waals surface area (Å²) in [6.45, 7) is 0.575. The number of aryl methyl sites for hydroxylation is 1. The molecule has 1 heterocycles. The molecule has 0 radical (unpaired) electrons. The first-order chi connectivity index (χ1) is 9.10. The van der Waals surface area contributed by atoms with E-state index in [0.717, 1.165) is 12.0 Å². The molecule has 100 valence electrons. The molecule has 19 heavy (non-hydrogen) atoms. The molecule has 2 rings (SSSR count). The third-order valence-corrected chi connectivity index (χ3v) is 2.54. The van der Waals surface area contributed by atoms with Crippen LogP contribution in [0.15, 0.2) is 30.5 Å². The van der Waals surface area contributed by atoms with Gasteiger partial charge in [-0.2, -0.15) is 0 Å². The molecule has 1 aromatic carbocycles. The average Bonchev–Trinajstić information content (AvgIpc) is 2.73. The second kappa shape index (κ2) is 5.49. The minimum absolute atomic E-state index is 0.0147. The third kappa shape index (κ3) is 3.08. The van der Waals surface area contributed by atoms with E-state index in [1.54, 1.807) is 19.2 Å². The third-order valence-electron chi connectivity index (χ3n) is 2.54. The van der Waals surface area contributed by atoms with Gasteiger partial charge in [0.2, 0.25) is 0 Å². The van der Waals surface area contributed by atoms with Gasteiger partial charge in [0.15, 0.2) is 0 Å². The van der Waals surface area contributed by atoms with Crippen molar-refractivity contribution in [2.24, 2.45) is 12.8 Å². The highest BCUT2D eigenvalue weighted by atomic mass is 16.6. The van der Waals surface area contributed by atoms with Crippen molar-refractivity contribution in [3.8, 4) is 11.6 Å². The van der Waals surface area contributed by atoms with Crippen molar-refractivity contribution in [1.29, 1.82) is 0 Å². The molecule has 0 unspecified atom stereocenters. The van der Waals surface area contributed by atoms with Gasteiger partial charge in [0, 0.05) is 7.05 Å². The van der Waals surface area contributed by atoms with Crippen LogP contribution >= 0.6 is 0 Å². The molecule has 0 aliphatic heterocycles. The van der Waals surface area contributed by atoms with Crippen LogP contribution in [0.2, 0.25) is 0 Å². The summed E-state index contributed by atoms with van der Waals surface area (Å²) < 4.78 is 6.76.